The molecule has 6 nitrogen and oxygen atoms in total. The van der Waals surface area contributed by atoms with E-state index in [0.29, 0.717) is 18.1 Å². The predicted molar refractivity (Wildman–Crippen MR) is 82.5 cm³/mol. The Bertz CT molecular complexity index is 627. The number of nitrogens with zero attached hydrogens (tertiary/aromatic N) is 1. The van der Waals surface area contributed by atoms with Crippen molar-refractivity contribution >= 4 is 22.6 Å². The molecule has 0 saturated carbocycles. The molecule has 2 rings (SSSR count). The molecule has 0 aliphatic carbocycles. The Labute approximate surface area is 125 Å². The van der Waals surface area contributed by atoms with E-state index in [0.717, 1.165) is 5.56 Å². The molecular formula is C14H17N3O3S. The van der Waals surface area contributed by atoms with Crippen LogP contribution < -0.4 is 10.6 Å². The number of rotatable bonds is 5. The number of hydrogen-bond acceptors (Lipinski definition) is 4. The van der Waals surface area contributed by atoms with Crippen LogP contribution in [0.4, 0.5) is 10.6 Å². The molecule has 2 N–H and O–H groups in total. The highest BCUT2D eigenvalue weighted by atomic mass is 32.2. The Balaban J connectivity index is 1.91. The van der Waals surface area contributed by atoms with Gasteiger partial charge in [0.25, 0.3) is 0 Å². The van der Waals surface area contributed by atoms with Crippen molar-refractivity contribution in [3.05, 3.63) is 36.4 Å². The van der Waals surface area contributed by atoms with E-state index in [2.05, 4.69) is 15.8 Å². The van der Waals surface area contributed by atoms with Gasteiger partial charge in [0.1, 0.15) is 0 Å². The molecule has 0 bridgehead atoms. The van der Waals surface area contributed by atoms with Crippen LogP contribution in [0.15, 0.2) is 40.9 Å². The lowest BCUT2D eigenvalue weighted by Crippen LogP contribution is -2.35. The van der Waals surface area contributed by atoms with Gasteiger partial charge in [0.2, 0.25) is 0 Å². The molecule has 2 unspecified atom stereocenters. The van der Waals surface area contributed by atoms with E-state index in [1.54, 1.807) is 19.2 Å². The Kier molecular flexibility index (Phi) is 5.10. The largest absolute Gasteiger partial charge is 0.354 e. The van der Waals surface area contributed by atoms with E-state index in [1.807, 2.05) is 30.3 Å². The summed E-state index contributed by atoms with van der Waals surface area (Å²) in [7, 11) is -0.971. The van der Waals surface area contributed by atoms with Crippen LogP contribution in [-0.4, -0.2) is 33.4 Å². The van der Waals surface area contributed by atoms with E-state index in [1.165, 1.54) is 0 Å². The number of anilines is 1. The first-order chi connectivity index (χ1) is 10.1. The van der Waals surface area contributed by atoms with Crippen molar-refractivity contribution in [2.24, 2.45) is 0 Å². The standard InChI is InChI=1S/C14H17N3O3S/c1-10(21(2)19)9-15-14(18)16-13-8-12(20-17-13)11-6-4-3-5-7-11/h3-8,10H,9H2,1-2H3,(H2,15,16,17,18). The average molecular weight is 307 g/mol. The van der Waals surface area contributed by atoms with Crippen LogP contribution in [-0.2, 0) is 10.8 Å². The van der Waals surface area contributed by atoms with Crippen LogP contribution in [0.3, 0.4) is 0 Å². The fourth-order valence-corrected chi connectivity index (χ4v) is 1.90. The van der Waals surface area contributed by atoms with Crippen LogP contribution in [0.1, 0.15) is 6.92 Å². The molecule has 21 heavy (non-hydrogen) atoms. The second-order valence-corrected chi connectivity index (χ2v) is 6.39. The molecule has 0 spiro atoms. The molecule has 7 heteroatoms. The maximum Gasteiger partial charge on any atom is 0.320 e. The summed E-state index contributed by atoms with van der Waals surface area (Å²) in [5.41, 5.74) is 0.883. The lowest BCUT2D eigenvalue weighted by Gasteiger charge is -2.09. The molecule has 2 amide bonds. The minimum absolute atomic E-state index is 0.104. The summed E-state index contributed by atoms with van der Waals surface area (Å²) in [5, 5.41) is 8.89. The van der Waals surface area contributed by atoms with E-state index in [-0.39, 0.29) is 5.25 Å². The number of nitrogens with one attached hydrogen (secondary N) is 2. The molecule has 1 heterocycles. The number of amides is 2. The Morgan fingerprint density at radius 3 is 2.76 bits per heavy atom. The van der Waals surface area contributed by atoms with Gasteiger partial charge in [0.05, 0.1) is 0 Å². The molecule has 2 aromatic rings. The summed E-state index contributed by atoms with van der Waals surface area (Å²) >= 11 is 0. The van der Waals surface area contributed by atoms with Gasteiger partial charge in [-0.2, -0.15) is 0 Å². The van der Waals surface area contributed by atoms with Gasteiger partial charge in [0.15, 0.2) is 11.6 Å². The second kappa shape index (κ2) is 7.03. The van der Waals surface area contributed by atoms with E-state index >= 15 is 0 Å². The summed E-state index contributed by atoms with van der Waals surface area (Å²) in [6.07, 6.45) is 1.61. The molecule has 0 fully saturated rings. The zero-order valence-electron chi connectivity index (χ0n) is 11.8. The maximum absolute atomic E-state index is 11.7. The van der Waals surface area contributed by atoms with Crippen molar-refractivity contribution in [3.63, 3.8) is 0 Å². The van der Waals surface area contributed by atoms with E-state index in [9.17, 15) is 9.00 Å². The molecule has 1 aromatic carbocycles. The summed E-state index contributed by atoms with van der Waals surface area (Å²) in [5.74, 6) is 0.908. The van der Waals surface area contributed by atoms with E-state index < -0.39 is 16.8 Å². The summed E-state index contributed by atoms with van der Waals surface area (Å²) < 4.78 is 16.4. The maximum atomic E-state index is 11.7. The summed E-state index contributed by atoms with van der Waals surface area (Å²) in [4.78, 5) is 11.7. The molecule has 1 aromatic heterocycles. The Morgan fingerprint density at radius 1 is 1.38 bits per heavy atom. The highest BCUT2D eigenvalue weighted by Crippen LogP contribution is 2.21. The first-order valence-corrected chi connectivity index (χ1v) is 8.07. The van der Waals surface area contributed by atoms with Crippen LogP contribution >= 0.6 is 0 Å². The number of aromatic nitrogens is 1. The van der Waals surface area contributed by atoms with Crippen LogP contribution in [0, 0.1) is 0 Å². The number of benzene rings is 1. The molecule has 0 radical (unpaired) electrons. The Hall–Kier alpha value is -2.15. The quantitative estimate of drug-likeness (QED) is 0.887. The van der Waals surface area contributed by atoms with Gasteiger partial charge >= 0.3 is 6.03 Å². The molecule has 0 aliphatic heterocycles. The van der Waals surface area contributed by atoms with Gasteiger partial charge in [-0.25, -0.2) is 4.79 Å². The van der Waals surface area contributed by atoms with Crippen LogP contribution in [0.25, 0.3) is 11.3 Å². The summed E-state index contributed by atoms with van der Waals surface area (Å²) in [6, 6.07) is 10.7. The van der Waals surface area contributed by atoms with Crippen molar-refractivity contribution in [1.29, 1.82) is 0 Å². The second-order valence-electron chi connectivity index (χ2n) is 4.59. The van der Waals surface area contributed by atoms with Crippen molar-refractivity contribution in [2.75, 3.05) is 18.1 Å². The van der Waals surface area contributed by atoms with Gasteiger partial charge < -0.3 is 9.84 Å². The Morgan fingerprint density at radius 2 is 2.10 bits per heavy atom. The van der Waals surface area contributed by atoms with Crippen LogP contribution in [0.2, 0.25) is 0 Å². The monoisotopic (exact) mass is 307 g/mol. The minimum Gasteiger partial charge on any atom is -0.354 e. The molecule has 0 aliphatic rings. The lowest BCUT2D eigenvalue weighted by atomic mass is 10.2. The third-order valence-corrected chi connectivity index (χ3v) is 4.23. The average Bonchev–Trinajstić information content (AvgIpc) is 2.94. The molecule has 112 valence electrons. The van der Waals surface area contributed by atoms with Crippen molar-refractivity contribution in [1.82, 2.24) is 10.5 Å². The minimum atomic E-state index is -0.971. The number of urea groups is 1. The van der Waals surface area contributed by atoms with Crippen molar-refractivity contribution in [3.8, 4) is 11.3 Å². The van der Waals surface area contributed by atoms with E-state index in [4.69, 9.17) is 4.52 Å². The van der Waals surface area contributed by atoms with Gasteiger partial charge in [-0.05, 0) is 6.92 Å². The summed E-state index contributed by atoms with van der Waals surface area (Å²) in [6.45, 7) is 2.14. The number of carbonyl (C=O) groups is 1. The van der Waals surface area contributed by atoms with Gasteiger partial charge in [-0.3, -0.25) is 9.53 Å². The predicted octanol–water partition coefficient (Wildman–Crippen LogP) is 2.23. The molecular weight excluding hydrogens is 290 g/mol. The lowest BCUT2D eigenvalue weighted by molar-refractivity contribution is 0.252. The third-order valence-electron chi connectivity index (χ3n) is 2.93. The normalized spacial score (nSPS) is 13.4. The number of hydrogen-bond donors (Lipinski definition) is 2. The SMILES string of the molecule is CC(CNC(=O)Nc1cc(-c2ccccc2)on1)S(C)=O. The highest BCUT2D eigenvalue weighted by Gasteiger charge is 2.11. The fourth-order valence-electron chi connectivity index (χ4n) is 1.59. The molecule has 0 saturated heterocycles. The fraction of sp³-hybridized carbons (Fsp3) is 0.286. The van der Waals surface area contributed by atoms with Crippen molar-refractivity contribution in [2.45, 2.75) is 12.2 Å². The zero-order chi connectivity index (χ0) is 15.2. The first kappa shape index (κ1) is 15.2. The third kappa shape index (κ3) is 4.42. The van der Waals surface area contributed by atoms with Crippen LogP contribution in [0.5, 0.6) is 0 Å². The van der Waals surface area contributed by atoms with Gasteiger partial charge in [-0.1, -0.05) is 35.5 Å². The topological polar surface area (TPSA) is 84.2 Å². The van der Waals surface area contributed by atoms with Gasteiger partial charge in [-0.15, -0.1) is 0 Å². The zero-order valence-corrected chi connectivity index (χ0v) is 12.6. The highest BCUT2D eigenvalue weighted by molar-refractivity contribution is 7.84. The number of carbonyl (C=O) groups excluding carboxylic acids is 1. The van der Waals surface area contributed by atoms with Crippen molar-refractivity contribution < 1.29 is 13.5 Å². The first-order valence-electron chi connectivity index (χ1n) is 6.45. The molecule has 2 atom stereocenters. The smallest absolute Gasteiger partial charge is 0.320 e. The van der Waals surface area contributed by atoms with Gasteiger partial charge in [0, 0.05) is 40.5 Å².